The van der Waals surface area contributed by atoms with Gasteiger partial charge in [0.25, 0.3) is 0 Å². The maximum absolute atomic E-state index is 12.9. The third-order valence-corrected chi connectivity index (χ3v) is 5.69. The summed E-state index contributed by atoms with van der Waals surface area (Å²) in [6.07, 6.45) is 4.27. The van der Waals surface area contributed by atoms with E-state index in [4.69, 9.17) is 23.2 Å². The molecule has 1 aliphatic rings. The second-order valence-electron chi connectivity index (χ2n) is 9.23. The highest BCUT2D eigenvalue weighted by atomic mass is 35.5. The highest BCUT2D eigenvalue weighted by Gasteiger charge is 2.31. The van der Waals surface area contributed by atoms with Crippen LogP contribution in [0.25, 0.3) is 6.08 Å². The molecule has 4 N–H and O–H groups in total. The fourth-order valence-electron chi connectivity index (χ4n) is 3.54. The van der Waals surface area contributed by atoms with E-state index >= 15 is 0 Å². The molecule has 0 aliphatic carbocycles. The Bertz CT molecular complexity index is 867. The predicted octanol–water partition coefficient (Wildman–Crippen LogP) is 2.93. The van der Waals surface area contributed by atoms with Crippen molar-refractivity contribution >= 4 is 47.0 Å². The molecule has 2 rings (SSSR count). The van der Waals surface area contributed by atoms with E-state index in [0.717, 1.165) is 0 Å². The summed E-state index contributed by atoms with van der Waals surface area (Å²) < 4.78 is 0. The fraction of sp³-hybridized carbons (Fsp3) is 0.522. The molecule has 0 bridgehead atoms. The molecule has 1 aromatic rings. The maximum atomic E-state index is 12.9. The Balaban J connectivity index is 2.05. The van der Waals surface area contributed by atoms with Crippen molar-refractivity contribution in [2.45, 2.75) is 52.1 Å². The number of aliphatic hydroxyl groups is 1. The molecule has 2 unspecified atom stereocenters. The van der Waals surface area contributed by atoms with Gasteiger partial charge in [0.05, 0.1) is 12.6 Å². The fourth-order valence-corrected chi connectivity index (χ4v) is 4.01. The Labute approximate surface area is 198 Å². The van der Waals surface area contributed by atoms with Gasteiger partial charge in [0, 0.05) is 28.6 Å². The van der Waals surface area contributed by atoms with Gasteiger partial charge in [-0.25, -0.2) is 0 Å². The number of hydrogen-bond donors (Lipinski definition) is 4. The van der Waals surface area contributed by atoms with Gasteiger partial charge in [0.15, 0.2) is 0 Å². The van der Waals surface area contributed by atoms with Crippen LogP contribution in [0.15, 0.2) is 24.3 Å². The lowest BCUT2D eigenvalue weighted by Gasteiger charge is -2.28. The van der Waals surface area contributed by atoms with Gasteiger partial charge in [0.2, 0.25) is 17.7 Å². The lowest BCUT2D eigenvalue weighted by atomic mass is 9.87. The summed E-state index contributed by atoms with van der Waals surface area (Å²) in [6.45, 7) is 6.21. The van der Waals surface area contributed by atoms with E-state index in [0.29, 0.717) is 41.4 Å². The zero-order valence-electron chi connectivity index (χ0n) is 18.6. The molecule has 1 fully saturated rings. The van der Waals surface area contributed by atoms with E-state index in [2.05, 4.69) is 16.0 Å². The third kappa shape index (κ3) is 8.45. The molecular weight excluding hydrogens is 453 g/mol. The highest BCUT2D eigenvalue weighted by Crippen LogP contribution is 2.23. The summed E-state index contributed by atoms with van der Waals surface area (Å²) in [5, 5.41) is 18.9. The number of amides is 3. The Morgan fingerprint density at radius 3 is 2.56 bits per heavy atom. The van der Waals surface area contributed by atoms with Crippen molar-refractivity contribution in [1.29, 1.82) is 0 Å². The van der Waals surface area contributed by atoms with Crippen LogP contribution in [-0.4, -0.2) is 48.1 Å². The monoisotopic (exact) mass is 483 g/mol. The summed E-state index contributed by atoms with van der Waals surface area (Å²) in [6, 6.07) is 3.56. The number of carbonyl (C=O) groups excluding carboxylic acids is 3. The molecular formula is C23H31Cl2N3O4. The van der Waals surface area contributed by atoms with Crippen LogP contribution in [0.3, 0.4) is 0 Å². The van der Waals surface area contributed by atoms with Gasteiger partial charge < -0.3 is 21.1 Å². The summed E-state index contributed by atoms with van der Waals surface area (Å²) >= 11 is 12.0. The van der Waals surface area contributed by atoms with Gasteiger partial charge in [-0.2, -0.15) is 0 Å². The van der Waals surface area contributed by atoms with Gasteiger partial charge >= 0.3 is 0 Å². The topological polar surface area (TPSA) is 108 Å². The minimum Gasteiger partial charge on any atom is -0.394 e. The van der Waals surface area contributed by atoms with Crippen LogP contribution in [0.5, 0.6) is 0 Å². The van der Waals surface area contributed by atoms with Crippen LogP contribution >= 0.6 is 23.2 Å². The minimum absolute atomic E-state index is 0.0664. The average Bonchev–Trinajstić information content (AvgIpc) is 3.09. The lowest BCUT2D eigenvalue weighted by Crippen LogP contribution is -2.52. The molecule has 9 heteroatoms. The number of aliphatic hydroxyl groups excluding tert-OH is 1. The number of nitrogens with one attached hydrogen (secondary N) is 3. The van der Waals surface area contributed by atoms with Gasteiger partial charge in [-0.3, -0.25) is 14.4 Å². The molecule has 176 valence electrons. The molecule has 3 amide bonds. The summed E-state index contributed by atoms with van der Waals surface area (Å²) in [5.74, 6) is -1.15. The number of halogens is 2. The molecule has 1 aromatic carbocycles. The quantitative estimate of drug-likeness (QED) is 0.405. The molecule has 1 heterocycles. The van der Waals surface area contributed by atoms with E-state index in [1.165, 1.54) is 6.08 Å². The summed E-state index contributed by atoms with van der Waals surface area (Å²) in [4.78, 5) is 37.3. The second kappa shape index (κ2) is 11.7. The van der Waals surface area contributed by atoms with Crippen LogP contribution < -0.4 is 16.0 Å². The first-order valence-corrected chi connectivity index (χ1v) is 11.4. The Kier molecular flexibility index (Phi) is 9.55. The van der Waals surface area contributed by atoms with E-state index in [1.54, 1.807) is 24.3 Å². The Hall–Kier alpha value is -2.09. The largest absolute Gasteiger partial charge is 0.394 e. The first kappa shape index (κ1) is 26.2. The minimum atomic E-state index is -0.806. The van der Waals surface area contributed by atoms with Crippen LogP contribution in [0, 0.1) is 11.3 Å². The Morgan fingerprint density at radius 2 is 2.00 bits per heavy atom. The number of carbonyl (C=O) groups is 3. The zero-order chi connectivity index (χ0) is 23.9. The molecule has 32 heavy (non-hydrogen) atoms. The molecule has 0 saturated carbocycles. The molecule has 0 aromatic heterocycles. The van der Waals surface area contributed by atoms with Crippen molar-refractivity contribution in [1.82, 2.24) is 16.0 Å². The average molecular weight is 484 g/mol. The van der Waals surface area contributed by atoms with Crippen LogP contribution in [0.2, 0.25) is 10.0 Å². The first-order chi connectivity index (χ1) is 15.0. The van der Waals surface area contributed by atoms with Gasteiger partial charge in [-0.05, 0) is 48.4 Å². The molecule has 3 atom stereocenters. The predicted molar refractivity (Wildman–Crippen MR) is 126 cm³/mol. The van der Waals surface area contributed by atoms with Crippen molar-refractivity contribution < 1.29 is 19.5 Å². The number of hydrogen-bond acceptors (Lipinski definition) is 4. The third-order valence-electron chi connectivity index (χ3n) is 5.12. The SMILES string of the molecule is CC(C)(C)CC(NC(=O)/C=C/c1ccc(Cl)cc1Cl)C(=O)NC(CO)C[C@@H]1CCNC1=O. The Morgan fingerprint density at radius 1 is 1.28 bits per heavy atom. The van der Waals surface area contributed by atoms with Crippen LogP contribution in [0.4, 0.5) is 0 Å². The lowest BCUT2D eigenvalue weighted by molar-refractivity contribution is -0.129. The summed E-state index contributed by atoms with van der Waals surface area (Å²) in [7, 11) is 0. The molecule has 7 nitrogen and oxygen atoms in total. The molecule has 1 saturated heterocycles. The van der Waals surface area contributed by atoms with E-state index < -0.39 is 23.9 Å². The van der Waals surface area contributed by atoms with Crippen molar-refractivity contribution in [2.24, 2.45) is 11.3 Å². The number of rotatable bonds is 9. The van der Waals surface area contributed by atoms with Crippen LogP contribution in [-0.2, 0) is 14.4 Å². The van der Waals surface area contributed by atoms with Gasteiger partial charge in [-0.15, -0.1) is 0 Å². The molecule has 0 radical (unpaired) electrons. The zero-order valence-corrected chi connectivity index (χ0v) is 20.1. The smallest absolute Gasteiger partial charge is 0.244 e. The molecule has 1 aliphatic heterocycles. The van der Waals surface area contributed by atoms with Crippen LogP contribution in [0.1, 0.15) is 45.6 Å². The number of benzene rings is 1. The van der Waals surface area contributed by atoms with E-state index in [-0.39, 0.29) is 23.8 Å². The van der Waals surface area contributed by atoms with Gasteiger partial charge in [-0.1, -0.05) is 50.0 Å². The summed E-state index contributed by atoms with van der Waals surface area (Å²) in [5.41, 5.74) is 0.386. The van der Waals surface area contributed by atoms with Crippen molar-refractivity contribution in [3.8, 4) is 0 Å². The normalized spacial score (nSPS) is 18.3. The standard InChI is InChI=1S/C23H31Cl2N3O4/c1-23(2,3)12-19(22(32)27-17(13-29)10-15-8-9-26-21(15)31)28-20(30)7-5-14-4-6-16(24)11-18(14)25/h4-7,11,15,17,19,29H,8-10,12-13H2,1-3H3,(H,26,31)(H,27,32)(H,28,30)/b7-5+/t15-,17?,19?/m0/s1. The first-order valence-electron chi connectivity index (χ1n) is 10.6. The molecule has 0 spiro atoms. The second-order valence-corrected chi connectivity index (χ2v) is 10.1. The van der Waals surface area contributed by atoms with Crippen molar-refractivity contribution in [3.05, 3.63) is 39.9 Å². The highest BCUT2D eigenvalue weighted by molar-refractivity contribution is 6.35. The van der Waals surface area contributed by atoms with E-state index in [9.17, 15) is 19.5 Å². The maximum Gasteiger partial charge on any atom is 0.244 e. The van der Waals surface area contributed by atoms with E-state index in [1.807, 2.05) is 20.8 Å². The van der Waals surface area contributed by atoms with Crippen molar-refractivity contribution in [3.63, 3.8) is 0 Å². The van der Waals surface area contributed by atoms with Crippen molar-refractivity contribution in [2.75, 3.05) is 13.2 Å². The van der Waals surface area contributed by atoms with Gasteiger partial charge in [0.1, 0.15) is 6.04 Å².